The Labute approximate surface area is 136 Å². The van der Waals surface area contributed by atoms with Crippen molar-refractivity contribution in [1.29, 1.82) is 0 Å². The predicted molar refractivity (Wildman–Crippen MR) is 91.1 cm³/mol. The minimum Gasteiger partial charge on any atom is -0.373 e. The van der Waals surface area contributed by atoms with Gasteiger partial charge in [0.2, 0.25) is 6.41 Å². The second-order valence-electron chi connectivity index (χ2n) is 5.80. The minimum atomic E-state index is 0.0145. The normalized spacial score (nSPS) is 20.9. The monoisotopic (exact) mass is 310 g/mol. The number of carbonyl (C=O) groups is 1. The van der Waals surface area contributed by atoms with Crippen LogP contribution in [0.4, 0.5) is 5.69 Å². The van der Waals surface area contributed by atoms with Gasteiger partial charge in [-0.2, -0.15) is 0 Å². The van der Waals surface area contributed by atoms with E-state index in [0.29, 0.717) is 12.5 Å². The van der Waals surface area contributed by atoms with Gasteiger partial charge in [-0.05, 0) is 24.5 Å². The predicted octanol–water partition coefficient (Wildman–Crippen LogP) is 3.26. The Balaban J connectivity index is 1.63. The van der Waals surface area contributed by atoms with E-state index in [1.165, 1.54) is 5.56 Å². The first kappa shape index (κ1) is 15.7. The Morgan fingerprint density at radius 2 is 1.87 bits per heavy atom. The van der Waals surface area contributed by atoms with Gasteiger partial charge in [-0.15, -0.1) is 0 Å². The van der Waals surface area contributed by atoms with Crippen LogP contribution in [0.2, 0.25) is 0 Å². The lowest BCUT2D eigenvalue weighted by atomic mass is 9.96. The lowest BCUT2D eigenvalue weighted by Crippen LogP contribution is -2.35. The number of carbonyl (C=O) groups excluding carboxylic acids is 1. The van der Waals surface area contributed by atoms with Crippen molar-refractivity contribution in [3.05, 3.63) is 65.7 Å². The Morgan fingerprint density at radius 3 is 2.70 bits per heavy atom. The molecule has 23 heavy (non-hydrogen) atoms. The summed E-state index contributed by atoms with van der Waals surface area (Å²) in [6, 6.07) is 18.7. The first-order chi connectivity index (χ1) is 11.4. The molecule has 0 spiro atoms. The van der Waals surface area contributed by atoms with Gasteiger partial charge < -0.3 is 15.4 Å². The third kappa shape index (κ3) is 4.18. The number of rotatable bonds is 6. The van der Waals surface area contributed by atoms with Crippen molar-refractivity contribution in [3.63, 3.8) is 0 Å². The third-order valence-electron chi connectivity index (χ3n) is 4.24. The number of hydrogen-bond donors (Lipinski definition) is 2. The summed E-state index contributed by atoms with van der Waals surface area (Å²) < 4.78 is 5.94. The van der Waals surface area contributed by atoms with Crippen LogP contribution in [-0.2, 0) is 16.1 Å². The zero-order chi connectivity index (χ0) is 15.9. The van der Waals surface area contributed by atoms with Gasteiger partial charge in [-0.1, -0.05) is 48.5 Å². The summed E-state index contributed by atoms with van der Waals surface area (Å²) in [7, 11) is 0. The molecule has 0 aliphatic carbocycles. The summed E-state index contributed by atoms with van der Waals surface area (Å²) >= 11 is 0. The molecule has 2 unspecified atom stereocenters. The molecule has 0 bridgehead atoms. The Morgan fingerprint density at radius 1 is 1.09 bits per heavy atom. The standard InChI is InChI=1S/C19H22N2O2/c22-14-21-18-9-5-4-8-17(18)19-12-16(10-11-23-19)20-13-15-6-2-1-3-7-15/h1-9,14,16,19-20H,10-13H2,(H,21,22). The number of nitrogens with one attached hydrogen (secondary N) is 2. The van der Waals surface area contributed by atoms with E-state index in [2.05, 4.69) is 34.9 Å². The largest absolute Gasteiger partial charge is 0.373 e. The maximum atomic E-state index is 10.8. The van der Waals surface area contributed by atoms with Gasteiger partial charge in [-0.3, -0.25) is 4.79 Å². The average molecular weight is 310 g/mol. The summed E-state index contributed by atoms with van der Waals surface area (Å²) in [6.07, 6.45) is 2.64. The van der Waals surface area contributed by atoms with E-state index < -0.39 is 0 Å². The van der Waals surface area contributed by atoms with Gasteiger partial charge in [0, 0.05) is 30.4 Å². The number of benzene rings is 2. The van der Waals surface area contributed by atoms with Gasteiger partial charge in [0.05, 0.1) is 6.10 Å². The molecule has 0 saturated carbocycles. The summed E-state index contributed by atoms with van der Waals surface area (Å²) in [5, 5.41) is 6.38. The zero-order valence-corrected chi connectivity index (χ0v) is 13.1. The quantitative estimate of drug-likeness (QED) is 0.805. The van der Waals surface area contributed by atoms with E-state index in [-0.39, 0.29) is 6.10 Å². The smallest absolute Gasteiger partial charge is 0.211 e. The minimum absolute atomic E-state index is 0.0145. The highest BCUT2D eigenvalue weighted by Gasteiger charge is 2.25. The molecule has 1 heterocycles. The maximum Gasteiger partial charge on any atom is 0.211 e. The highest BCUT2D eigenvalue weighted by Crippen LogP contribution is 2.32. The van der Waals surface area contributed by atoms with E-state index >= 15 is 0 Å². The summed E-state index contributed by atoms with van der Waals surface area (Å²) in [6.45, 7) is 1.60. The van der Waals surface area contributed by atoms with Crippen LogP contribution in [0.1, 0.15) is 30.1 Å². The Kier molecular flexibility index (Phi) is 5.40. The van der Waals surface area contributed by atoms with E-state index in [9.17, 15) is 4.79 Å². The molecule has 1 amide bonds. The fraction of sp³-hybridized carbons (Fsp3) is 0.316. The molecule has 2 aromatic carbocycles. The average Bonchev–Trinajstić information content (AvgIpc) is 2.62. The first-order valence-electron chi connectivity index (χ1n) is 8.05. The topological polar surface area (TPSA) is 50.4 Å². The van der Waals surface area contributed by atoms with Gasteiger partial charge in [0.1, 0.15) is 0 Å². The van der Waals surface area contributed by atoms with Gasteiger partial charge >= 0.3 is 0 Å². The van der Waals surface area contributed by atoms with Crippen LogP contribution in [0.15, 0.2) is 54.6 Å². The summed E-state index contributed by atoms with van der Waals surface area (Å²) in [5.74, 6) is 0. The molecule has 1 fully saturated rings. The van der Waals surface area contributed by atoms with Crippen LogP contribution < -0.4 is 10.6 Å². The van der Waals surface area contributed by atoms with E-state index in [1.54, 1.807) is 0 Å². The Hall–Kier alpha value is -2.17. The number of ether oxygens (including phenoxy) is 1. The molecule has 1 aliphatic rings. The van der Waals surface area contributed by atoms with Crippen LogP contribution in [0.3, 0.4) is 0 Å². The van der Waals surface area contributed by atoms with Gasteiger partial charge in [-0.25, -0.2) is 0 Å². The second-order valence-corrected chi connectivity index (χ2v) is 5.80. The molecule has 4 nitrogen and oxygen atoms in total. The van der Waals surface area contributed by atoms with Crippen molar-refractivity contribution in [2.24, 2.45) is 0 Å². The van der Waals surface area contributed by atoms with Crippen molar-refractivity contribution in [2.45, 2.75) is 31.5 Å². The Bertz CT molecular complexity index is 630. The molecule has 2 aromatic rings. The maximum absolute atomic E-state index is 10.8. The van der Waals surface area contributed by atoms with Crippen LogP contribution >= 0.6 is 0 Å². The molecular formula is C19H22N2O2. The number of anilines is 1. The van der Waals surface area contributed by atoms with Gasteiger partial charge in [0.15, 0.2) is 0 Å². The molecule has 120 valence electrons. The lowest BCUT2D eigenvalue weighted by Gasteiger charge is -2.31. The van der Waals surface area contributed by atoms with Crippen molar-refractivity contribution < 1.29 is 9.53 Å². The molecule has 2 atom stereocenters. The van der Waals surface area contributed by atoms with Gasteiger partial charge in [0.25, 0.3) is 0 Å². The molecule has 2 N–H and O–H groups in total. The zero-order valence-electron chi connectivity index (χ0n) is 13.1. The lowest BCUT2D eigenvalue weighted by molar-refractivity contribution is -0.105. The molecular weight excluding hydrogens is 288 g/mol. The fourth-order valence-corrected chi connectivity index (χ4v) is 3.03. The fourth-order valence-electron chi connectivity index (χ4n) is 3.03. The van der Waals surface area contributed by atoms with Crippen molar-refractivity contribution >= 4 is 12.1 Å². The van der Waals surface area contributed by atoms with Crippen LogP contribution in [0.5, 0.6) is 0 Å². The van der Waals surface area contributed by atoms with Crippen LogP contribution in [0, 0.1) is 0 Å². The van der Waals surface area contributed by atoms with Crippen molar-refractivity contribution in [2.75, 3.05) is 11.9 Å². The molecule has 1 saturated heterocycles. The van der Waals surface area contributed by atoms with E-state index in [1.807, 2.05) is 30.3 Å². The van der Waals surface area contributed by atoms with Crippen LogP contribution in [-0.4, -0.2) is 19.1 Å². The van der Waals surface area contributed by atoms with E-state index in [4.69, 9.17) is 4.74 Å². The number of para-hydroxylation sites is 1. The molecule has 4 heteroatoms. The molecule has 3 rings (SSSR count). The first-order valence-corrected chi connectivity index (χ1v) is 8.05. The molecule has 0 radical (unpaired) electrons. The van der Waals surface area contributed by atoms with Crippen molar-refractivity contribution in [1.82, 2.24) is 5.32 Å². The summed E-state index contributed by atoms with van der Waals surface area (Å²) in [5.41, 5.74) is 3.17. The summed E-state index contributed by atoms with van der Waals surface area (Å²) in [4.78, 5) is 10.8. The molecule has 1 aliphatic heterocycles. The highest BCUT2D eigenvalue weighted by atomic mass is 16.5. The van der Waals surface area contributed by atoms with Crippen LogP contribution in [0.25, 0.3) is 0 Å². The van der Waals surface area contributed by atoms with Crippen molar-refractivity contribution in [3.8, 4) is 0 Å². The molecule has 0 aromatic heterocycles. The SMILES string of the molecule is O=CNc1ccccc1C1CC(NCc2ccccc2)CCO1. The third-order valence-corrected chi connectivity index (χ3v) is 4.24. The van der Waals surface area contributed by atoms with E-state index in [0.717, 1.165) is 37.2 Å². The highest BCUT2D eigenvalue weighted by molar-refractivity contribution is 5.73. The number of amides is 1. The second kappa shape index (κ2) is 7.90. The number of hydrogen-bond acceptors (Lipinski definition) is 3.